The first kappa shape index (κ1) is 16.9. The van der Waals surface area contributed by atoms with Gasteiger partial charge in [0.1, 0.15) is 0 Å². The molecule has 0 saturated carbocycles. The van der Waals surface area contributed by atoms with Crippen LogP contribution in [0.25, 0.3) is 0 Å². The summed E-state index contributed by atoms with van der Waals surface area (Å²) in [6.45, 7) is 0.860. The Kier molecular flexibility index (Phi) is 5.94. The first-order chi connectivity index (χ1) is 9.27. The first-order valence-corrected chi connectivity index (χ1v) is 7.66. The Bertz CT molecular complexity index is 587. The van der Waals surface area contributed by atoms with Gasteiger partial charge >= 0.3 is 5.97 Å². The molecule has 20 heavy (non-hydrogen) atoms. The zero-order valence-corrected chi connectivity index (χ0v) is 13.1. The summed E-state index contributed by atoms with van der Waals surface area (Å²) in [5.74, 6) is -0.612. The van der Waals surface area contributed by atoms with Gasteiger partial charge in [-0.1, -0.05) is 11.6 Å². The lowest BCUT2D eigenvalue weighted by atomic mass is 10.2. The average molecular weight is 321 g/mol. The van der Waals surface area contributed by atoms with Gasteiger partial charge in [0, 0.05) is 13.1 Å². The number of rotatable bonds is 6. The summed E-state index contributed by atoms with van der Waals surface area (Å²) < 4.78 is 31.0. The van der Waals surface area contributed by atoms with Crippen LogP contribution in [0.1, 0.15) is 10.4 Å². The van der Waals surface area contributed by atoms with Crippen molar-refractivity contribution >= 4 is 27.6 Å². The Morgan fingerprint density at radius 1 is 1.40 bits per heavy atom. The minimum Gasteiger partial charge on any atom is -0.465 e. The Labute approximate surface area is 123 Å². The standard InChI is InChI=1S/C12H17ClN2O4S/c1-15(2)7-6-14-20(17,18)9-4-5-10(11(13)8-9)12(16)19-3/h4-5,8,14H,6-7H2,1-3H3. The SMILES string of the molecule is COC(=O)c1ccc(S(=O)(=O)NCCN(C)C)cc1Cl. The summed E-state index contributed by atoms with van der Waals surface area (Å²) >= 11 is 5.89. The van der Waals surface area contributed by atoms with Crippen molar-refractivity contribution in [2.45, 2.75) is 4.90 Å². The number of nitrogens with one attached hydrogen (secondary N) is 1. The van der Waals surface area contributed by atoms with E-state index >= 15 is 0 Å². The molecule has 0 atom stereocenters. The lowest BCUT2D eigenvalue weighted by Gasteiger charge is -2.11. The second-order valence-corrected chi connectivity index (χ2v) is 6.51. The topological polar surface area (TPSA) is 75.7 Å². The van der Waals surface area contributed by atoms with Crippen molar-refractivity contribution in [3.63, 3.8) is 0 Å². The van der Waals surface area contributed by atoms with Gasteiger partial charge in [0.15, 0.2) is 0 Å². The molecule has 0 amide bonds. The Hall–Kier alpha value is -1.15. The van der Waals surface area contributed by atoms with Crippen LogP contribution in [0.4, 0.5) is 0 Å². The number of esters is 1. The molecule has 0 aliphatic carbocycles. The quantitative estimate of drug-likeness (QED) is 0.790. The van der Waals surface area contributed by atoms with Gasteiger partial charge < -0.3 is 9.64 Å². The number of hydrogen-bond acceptors (Lipinski definition) is 5. The molecular weight excluding hydrogens is 304 g/mol. The highest BCUT2D eigenvalue weighted by atomic mass is 35.5. The third-order valence-electron chi connectivity index (χ3n) is 2.51. The average Bonchev–Trinajstić information content (AvgIpc) is 2.37. The van der Waals surface area contributed by atoms with Crippen LogP contribution in [-0.2, 0) is 14.8 Å². The van der Waals surface area contributed by atoms with Crippen LogP contribution in [0.3, 0.4) is 0 Å². The molecule has 1 aromatic carbocycles. The molecule has 1 rings (SSSR count). The van der Waals surface area contributed by atoms with E-state index in [9.17, 15) is 13.2 Å². The van der Waals surface area contributed by atoms with E-state index in [-0.39, 0.29) is 22.0 Å². The van der Waals surface area contributed by atoms with Gasteiger partial charge in [-0.15, -0.1) is 0 Å². The number of likely N-dealkylation sites (N-methyl/N-ethyl adjacent to an activating group) is 1. The predicted octanol–water partition coefficient (Wildman–Crippen LogP) is 0.967. The smallest absolute Gasteiger partial charge is 0.339 e. The zero-order valence-electron chi connectivity index (χ0n) is 11.5. The fraction of sp³-hybridized carbons (Fsp3) is 0.417. The van der Waals surface area contributed by atoms with E-state index in [0.29, 0.717) is 6.54 Å². The van der Waals surface area contributed by atoms with Gasteiger partial charge in [0.25, 0.3) is 0 Å². The Balaban J connectivity index is 2.91. The summed E-state index contributed by atoms with van der Waals surface area (Å²) in [5, 5.41) is 0.0346. The van der Waals surface area contributed by atoms with E-state index in [2.05, 4.69) is 9.46 Å². The third kappa shape index (κ3) is 4.45. The fourth-order valence-electron chi connectivity index (χ4n) is 1.43. The zero-order chi connectivity index (χ0) is 15.3. The number of carbonyl (C=O) groups is 1. The van der Waals surface area contributed by atoms with Crippen molar-refractivity contribution in [2.75, 3.05) is 34.3 Å². The molecule has 0 spiro atoms. The maximum absolute atomic E-state index is 12.0. The summed E-state index contributed by atoms with van der Waals surface area (Å²) in [6, 6.07) is 3.87. The van der Waals surface area contributed by atoms with Crippen molar-refractivity contribution < 1.29 is 17.9 Å². The number of methoxy groups -OCH3 is 1. The minimum atomic E-state index is -3.64. The van der Waals surface area contributed by atoms with Crippen molar-refractivity contribution in [3.8, 4) is 0 Å². The van der Waals surface area contributed by atoms with E-state index < -0.39 is 16.0 Å². The summed E-state index contributed by atoms with van der Waals surface area (Å²) in [5.41, 5.74) is 0.126. The fourth-order valence-corrected chi connectivity index (χ4v) is 2.79. The highest BCUT2D eigenvalue weighted by Crippen LogP contribution is 2.21. The molecule has 0 aliphatic heterocycles. The molecule has 8 heteroatoms. The van der Waals surface area contributed by atoms with E-state index in [4.69, 9.17) is 11.6 Å². The normalized spacial score (nSPS) is 11.7. The van der Waals surface area contributed by atoms with E-state index in [0.717, 1.165) is 0 Å². The van der Waals surface area contributed by atoms with Crippen LogP contribution in [-0.4, -0.2) is 53.6 Å². The lowest BCUT2D eigenvalue weighted by molar-refractivity contribution is 0.0601. The number of hydrogen-bond donors (Lipinski definition) is 1. The van der Waals surface area contributed by atoms with Crippen LogP contribution in [0.2, 0.25) is 5.02 Å². The van der Waals surface area contributed by atoms with E-state index in [1.807, 2.05) is 19.0 Å². The number of nitrogens with zero attached hydrogens (tertiary/aromatic N) is 1. The second kappa shape index (κ2) is 7.03. The minimum absolute atomic E-state index is 0.00825. The Morgan fingerprint density at radius 2 is 2.05 bits per heavy atom. The second-order valence-electron chi connectivity index (χ2n) is 4.33. The lowest BCUT2D eigenvalue weighted by Crippen LogP contribution is -2.31. The van der Waals surface area contributed by atoms with Crippen LogP contribution < -0.4 is 4.72 Å². The van der Waals surface area contributed by atoms with Crippen LogP contribution in [0, 0.1) is 0 Å². The molecule has 0 bridgehead atoms. The number of ether oxygens (including phenoxy) is 1. The molecule has 0 saturated heterocycles. The summed E-state index contributed by atoms with van der Waals surface area (Å²) in [7, 11) is 1.27. The third-order valence-corrected chi connectivity index (χ3v) is 4.28. The van der Waals surface area contributed by atoms with Crippen molar-refractivity contribution in [1.29, 1.82) is 0 Å². The largest absolute Gasteiger partial charge is 0.465 e. The van der Waals surface area contributed by atoms with Gasteiger partial charge in [0.2, 0.25) is 10.0 Å². The maximum Gasteiger partial charge on any atom is 0.339 e. The molecule has 112 valence electrons. The summed E-state index contributed by atoms with van der Waals surface area (Å²) in [6.07, 6.45) is 0. The van der Waals surface area contributed by atoms with Crippen LogP contribution in [0.5, 0.6) is 0 Å². The van der Waals surface area contributed by atoms with Gasteiger partial charge in [-0.3, -0.25) is 0 Å². The molecule has 0 unspecified atom stereocenters. The molecule has 0 radical (unpaired) electrons. The van der Waals surface area contributed by atoms with Gasteiger partial charge in [-0.25, -0.2) is 17.9 Å². The molecule has 0 heterocycles. The first-order valence-electron chi connectivity index (χ1n) is 5.80. The molecule has 0 fully saturated rings. The molecule has 0 aliphatic rings. The van der Waals surface area contributed by atoms with Crippen molar-refractivity contribution in [3.05, 3.63) is 28.8 Å². The number of benzene rings is 1. The molecule has 0 aromatic heterocycles. The number of carbonyl (C=O) groups excluding carboxylic acids is 1. The molecule has 6 nitrogen and oxygen atoms in total. The van der Waals surface area contributed by atoms with E-state index in [1.165, 1.54) is 25.3 Å². The predicted molar refractivity (Wildman–Crippen MR) is 76.5 cm³/mol. The molecule has 1 aromatic rings. The van der Waals surface area contributed by atoms with Gasteiger partial charge in [-0.05, 0) is 32.3 Å². The highest BCUT2D eigenvalue weighted by molar-refractivity contribution is 7.89. The van der Waals surface area contributed by atoms with E-state index in [1.54, 1.807) is 0 Å². The monoisotopic (exact) mass is 320 g/mol. The molecule has 1 N–H and O–H groups in total. The van der Waals surface area contributed by atoms with Crippen molar-refractivity contribution in [1.82, 2.24) is 9.62 Å². The number of halogens is 1. The summed E-state index contributed by atoms with van der Waals surface area (Å²) in [4.78, 5) is 13.2. The van der Waals surface area contributed by atoms with Crippen molar-refractivity contribution in [2.24, 2.45) is 0 Å². The molecular formula is C12H17ClN2O4S. The highest BCUT2D eigenvalue weighted by Gasteiger charge is 2.18. The van der Waals surface area contributed by atoms with Gasteiger partial charge in [0.05, 0.1) is 22.6 Å². The van der Waals surface area contributed by atoms with Crippen LogP contribution >= 0.6 is 11.6 Å². The number of sulfonamides is 1. The van der Waals surface area contributed by atoms with Crippen LogP contribution in [0.15, 0.2) is 23.1 Å². The Morgan fingerprint density at radius 3 is 2.55 bits per heavy atom. The van der Waals surface area contributed by atoms with Gasteiger partial charge in [-0.2, -0.15) is 0 Å². The maximum atomic E-state index is 12.0.